The molecule has 0 radical (unpaired) electrons. The molecule has 1 amide bonds. The highest BCUT2D eigenvalue weighted by atomic mass is 16.6. The molecule has 0 unspecified atom stereocenters. The fourth-order valence-corrected chi connectivity index (χ4v) is 2.06. The van der Waals surface area contributed by atoms with Gasteiger partial charge in [-0.3, -0.25) is 14.9 Å². The average molecular weight is 335 g/mol. The number of esters is 1. The fourth-order valence-electron chi connectivity index (χ4n) is 2.06. The number of rotatable bonds is 5. The van der Waals surface area contributed by atoms with Crippen LogP contribution in [-0.2, 0) is 9.59 Å². The van der Waals surface area contributed by atoms with Crippen molar-refractivity contribution < 1.29 is 33.3 Å². The van der Waals surface area contributed by atoms with Crippen LogP contribution in [-0.4, -0.2) is 31.2 Å². The summed E-state index contributed by atoms with van der Waals surface area (Å²) in [6.07, 6.45) is 0. The van der Waals surface area contributed by atoms with Crippen molar-refractivity contribution in [3.8, 4) is 34.3 Å². The molecule has 0 saturated heterocycles. The van der Waals surface area contributed by atoms with Crippen molar-refractivity contribution in [2.75, 3.05) is 19.5 Å². The summed E-state index contributed by atoms with van der Waals surface area (Å²) in [4.78, 5) is 22.5. The van der Waals surface area contributed by atoms with Crippen molar-refractivity contribution in [1.29, 1.82) is 0 Å². The van der Waals surface area contributed by atoms with Gasteiger partial charge in [-0.25, -0.2) is 0 Å². The number of benzene rings is 1. The molecule has 2 aromatic rings. The minimum atomic E-state index is -0.679. The van der Waals surface area contributed by atoms with Crippen molar-refractivity contribution in [2.24, 2.45) is 0 Å². The van der Waals surface area contributed by atoms with Gasteiger partial charge in [0.1, 0.15) is 11.5 Å². The molecule has 24 heavy (non-hydrogen) atoms. The first-order chi connectivity index (χ1) is 11.4. The van der Waals surface area contributed by atoms with Gasteiger partial charge >= 0.3 is 5.97 Å². The molecule has 2 rings (SSSR count). The number of methoxy groups -OCH3 is 2. The number of furan rings is 1. The van der Waals surface area contributed by atoms with E-state index in [2.05, 4.69) is 5.32 Å². The fraction of sp³-hybridized carbons (Fsp3) is 0.250. The molecular weight excluding hydrogens is 318 g/mol. The van der Waals surface area contributed by atoms with Crippen molar-refractivity contribution in [2.45, 2.75) is 13.8 Å². The highest BCUT2D eigenvalue weighted by Gasteiger charge is 2.27. The summed E-state index contributed by atoms with van der Waals surface area (Å²) >= 11 is 0. The van der Waals surface area contributed by atoms with E-state index in [0.29, 0.717) is 17.1 Å². The number of anilines is 1. The monoisotopic (exact) mass is 335 g/mol. The summed E-state index contributed by atoms with van der Waals surface area (Å²) < 4.78 is 20.8. The van der Waals surface area contributed by atoms with E-state index >= 15 is 0 Å². The molecule has 0 aliphatic heterocycles. The molecule has 0 bridgehead atoms. The van der Waals surface area contributed by atoms with Crippen LogP contribution in [0.3, 0.4) is 0 Å². The SMILES string of the molecule is COc1ccc(OC)c(-c2oc(NC(C)=O)c(OC(C)=O)c2O)c1. The molecule has 8 nitrogen and oxygen atoms in total. The van der Waals surface area contributed by atoms with Crippen LogP contribution in [0.15, 0.2) is 22.6 Å². The van der Waals surface area contributed by atoms with Gasteiger partial charge in [-0.15, -0.1) is 0 Å². The lowest BCUT2D eigenvalue weighted by Gasteiger charge is -2.08. The molecule has 2 N–H and O–H groups in total. The Kier molecular flexibility index (Phi) is 4.98. The average Bonchev–Trinajstić information content (AvgIpc) is 2.82. The normalized spacial score (nSPS) is 10.2. The van der Waals surface area contributed by atoms with Gasteiger partial charge in [-0.2, -0.15) is 0 Å². The van der Waals surface area contributed by atoms with E-state index in [4.69, 9.17) is 18.6 Å². The third-order valence-corrected chi connectivity index (χ3v) is 3.03. The minimum Gasteiger partial charge on any atom is -0.502 e. The Labute approximate surface area is 137 Å². The third kappa shape index (κ3) is 3.43. The number of hydrogen-bond donors (Lipinski definition) is 2. The number of carbonyl (C=O) groups excluding carboxylic acids is 2. The first-order valence-corrected chi connectivity index (χ1v) is 6.91. The van der Waals surface area contributed by atoms with Gasteiger partial charge in [-0.1, -0.05) is 0 Å². The number of amides is 1. The molecule has 128 valence electrons. The Morgan fingerprint density at radius 3 is 2.42 bits per heavy atom. The summed E-state index contributed by atoms with van der Waals surface area (Å²) in [6, 6.07) is 4.87. The molecule has 1 aromatic heterocycles. The smallest absolute Gasteiger partial charge is 0.308 e. The van der Waals surface area contributed by atoms with Gasteiger partial charge in [0, 0.05) is 13.8 Å². The molecule has 0 saturated carbocycles. The van der Waals surface area contributed by atoms with Gasteiger partial charge in [-0.05, 0) is 18.2 Å². The highest BCUT2D eigenvalue weighted by molar-refractivity contribution is 5.92. The van der Waals surface area contributed by atoms with Gasteiger partial charge in [0.2, 0.25) is 23.3 Å². The molecule has 1 heterocycles. The van der Waals surface area contributed by atoms with Gasteiger partial charge in [0.25, 0.3) is 0 Å². The van der Waals surface area contributed by atoms with E-state index in [9.17, 15) is 14.7 Å². The Hall–Kier alpha value is -3.16. The number of nitrogens with one attached hydrogen (secondary N) is 1. The summed E-state index contributed by atoms with van der Waals surface area (Å²) in [7, 11) is 2.94. The van der Waals surface area contributed by atoms with Crippen molar-refractivity contribution in [1.82, 2.24) is 0 Å². The van der Waals surface area contributed by atoms with E-state index in [0.717, 1.165) is 6.92 Å². The molecule has 0 spiro atoms. The number of carbonyl (C=O) groups is 2. The zero-order valence-corrected chi connectivity index (χ0v) is 13.6. The van der Waals surface area contributed by atoms with Gasteiger partial charge in [0.15, 0.2) is 5.76 Å². The number of aromatic hydroxyl groups is 1. The lowest BCUT2D eigenvalue weighted by atomic mass is 10.1. The first kappa shape index (κ1) is 17.2. The van der Waals surface area contributed by atoms with E-state index in [1.165, 1.54) is 21.1 Å². The first-order valence-electron chi connectivity index (χ1n) is 6.91. The molecule has 0 aliphatic carbocycles. The molecule has 8 heteroatoms. The Bertz CT molecular complexity index is 779. The maximum atomic E-state index is 11.3. The predicted molar refractivity (Wildman–Crippen MR) is 84.5 cm³/mol. The van der Waals surface area contributed by atoms with Crippen LogP contribution < -0.4 is 19.5 Å². The van der Waals surface area contributed by atoms with Crippen LogP contribution in [0.2, 0.25) is 0 Å². The lowest BCUT2D eigenvalue weighted by Crippen LogP contribution is -2.08. The summed E-state index contributed by atoms with van der Waals surface area (Å²) in [5.74, 6) is -1.19. The molecule has 1 aromatic carbocycles. The highest BCUT2D eigenvalue weighted by Crippen LogP contribution is 2.49. The van der Waals surface area contributed by atoms with E-state index in [-0.39, 0.29) is 17.4 Å². The maximum absolute atomic E-state index is 11.3. The van der Waals surface area contributed by atoms with Gasteiger partial charge in [0.05, 0.1) is 19.8 Å². The lowest BCUT2D eigenvalue weighted by molar-refractivity contribution is -0.132. The van der Waals surface area contributed by atoms with E-state index < -0.39 is 17.6 Å². The van der Waals surface area contributed by atoms with Crippen LogP contribution in [0.1, 0.15) is 13.8 Å². The van der Waals surface area contributed by atoms with Crippen LogP contribution in [0.5, 0.6) is 23.0 Å². The second kappa shape index (κ2) is 6.95. The summed E-state index contributed by atoms with van der Waals surface area (Å²) in [5.41, 5.74) is 0.361. The van der Waals surface area contributed by atoms with E-state index in [1.807, 2.05) is 0 Å². The Morgan fingerprint density at radius 1 is 1.17 bits per heavy atom. The topological polar surface area (TPSA) is 107 Å². The number of ether oxygens (including phenoxy) is 3. The van der Waals surface area contributed by atoms with Crippen LogP contribution in [0.4, 0.5) is 5.88 Å². The van der Waals surface area contributed by atoms with E-state index in [1.54, 1.807) is 18.2 Å². The van der Waals surface area contributed by atoms with Crippen LogP contribution >= 0.6 is 0 Å². The summed E-state index contributed by atoms with van der Waals surface area (Å²) in [6.45, 7) is 2.42. The largest absolute Gasteiger partial charge is 0.502 e. The minimum absolute atomic E-state index is 0.0363. The van der Waals surface area contributed by atoms with Crippen molar-refractivity contribution in [3.63, 3.8) is 0 Å². The Morgan fingerprint density at radius 2 is 1.88 bits per heavy atom. The molecule has 0 fully saturated rings. The zero-order valence-electron chi connectivity index (χ0n) is 13.6. The Balaban J connectivity index is 2.64. The van der Waals surface area contributed by atoms with Crippen LogP contribution in [0, 0.1) is 0 Å². The van der Waals surface area contributed by atoms with Crippen LogP contribution in [0.25, 0.3) is 11.3 Å². The quantitative estimate of drug-likeness (QED) is 0.808. The maximum Gasteiger partial charge on any atom is 0.308 e. The molecule has 0 aliphatic rings. The summed E-state index contributed by atoms with van der Waals surface area (Å²) in [5, 5.41) is 12.8. The van der Waals surface area contributed by atoms with Crippen molar-refractivity contribution >= 4 is 17.8 Å². The second-order valence-corrected chi connectivity index (χ2v) is 4.78. The molecular formula is C16H17NO7. The van der Waals surface area contributed by atoms with Crippen molar-refractivity contribution in [3.05, 3.63) is 18.2 Å². The second-order valence-electron chi connectivity index (χ2n) is 4.78. The third-order valence-electron chi connectivity index (χ3n) is 3.03. The molecule has 0 atom stereocenters. The zero-order chi connectivity index (χ0) is 17.9. The predicted octanol–water partition coefficient (Wildman–Crippen LogP) is 2.55. The van der Waals surface area contributed by atoms with Gasteiger partial charge < -0.3 is 23.7 Å². The standard InChI is InChI=1S/C16H17NO7/c1-8(18)17-16-15(23-9(2)19)13(20)14(24-16)11-7-10(21-3)5-6-12(11)22-4/h5-7,20H,1-4H3,(H,17,18). The number of hydrogen-bond acceptors (Lipinski definition) is 7.